The molecule has 0 spiro atoms. The molecule has 1 N–H and O–H groups in total. The maximum absolute atomic E-state index is 5.04. The summed E-state index contributed by atoms with van der Waals surface area (Å²) in [5.74, 6) is 1.15. The van der Waals surface area contributed by atoms with Crippen molar-refractivity contribution < 1.29 is 0 Å². The number of rotatable bonds is 3. The van der Waals surface area contributed by atoms with Gasteiger partial charge in [0.1, 0.15) is 5.82 Å². The molecule has 0 amide bonds. The van der Waals surface area contributed by atoms with Crippen LogP contribution in [0.3, 0.4) is 0 Å². The Bertz CT molecular complexity index is 912. The van der Waals surface area contributed by atoms with Crippen LogP contribution in [0.2, 0.25) is 0 Å². The molecule has 4 rings (SSSR count). The van der Waals surface area contributed by atoms with Crippen LogP contribution in [-0.4, -0.2) is 30.4 Å². The summed E-state index contributed by atoms with van der Waals surface area (Å²) in [6.45, 7) is 1.00. The number of benzene rings is 2. The van der Waals surface area contributed by atoms with E-state index in [0.717, 1.165) is 30.2 Å². The van der Waals surface area contributed by atoms with Crippen LogP contribution in [0.25, 0.3) is 16.9 Å². The summed E-state index contributed by atoms with van der Waals surface area (Å²) in [4.78, 5) is 2.14. The number of anilines is 2. The maximum atomic E-state index is 5.04. The average Bonchev–Trinajstić information content (AvgIpc) is 2.84. The molecule has 0 bridgehead atoms. The van der Waals surface area contributed by atoms with E-state index in [2.05, 4.69) is 100 Å². The van der Waals surface area contributed by atoms with Crippen LogP contribution in [0, 0.1) is 3.57 Å². The SMILES string of the molecule is CN(C)c1cccc(-c2nn(-c3ccc(I)cc3)c3c2CCCCN3)c1. The van der Waals surface area contributed by atoms with Gasteiger partial charge in [0.05, 0.1) is 11.4 Å². The van der Waals surface area contributed by atoms with Crippen molar-refractivity contribution in [2.24, 2.45) is 0 Å². The van der Waals surface area contributed by atoms with Gasteiger partial charge >= 0.3 is 0 Å². The summed E-state index contributed by atoms with van der Waals surface area (Å²) < 4.78 is 3.31. The van der Waals surface area contributed by atoms with Crippen molar-refractivity contribution in [2.75, 3.05) is 30.9 Å². The van der Waals surface area contributed by atoms with Crippen molar-refractivity contribution in [2.45, 2.75) is 19.3 Å². The standard InChI is InChI=1S/C21H23IN4/c1-25(2)18-7-5-6-15(14-18)20-19-8-3-4-13-23-21(19)26(24-20)17-11-9-16(22)10-12-17/h5-7,9-12,14,23H,3-4,8,13H2,1-2H3. The van der Waals surface area contributed by atoms with Gasteiger partial charge in [-0.25, -0.2) is 4.68 Å². The van der Waals surface area contributed by atoms with Crippen molar-refractivity contribution in [3.63, 3.8) is 0 Å². The predicted molar refractivity (Wildman–Crippen MR) is 117 cm³/mol. The number of hydrogen-bond donors (Lipinski definition) is 1. The third-order valence-electron chi connectivity index (χ3n) is 4.84. The summed E-state index contributed by atoms with van der Waals surface area (Å²) >= 11 is 2.34. The van der Waals surface area contributed by atoms with E-state index in [0.29, 0.717) is 0 Å². The molecule has 0 atom stereocenters. The molecule has 3 aromatic rings. The number of hydrogen-bond acceptors (Lipinski definition) is 3. The van der Waals surface area contributed by atoms with Crippen molar-refractivity contribution in [1.82, 2.24) is 9.78 Å². The van der Waals surface area contributed by atoms with Crippen LogP contribution in [0.1, 0.15) is 18.4 Å². The molecule has 0 fully saturated rings. The topological polar surface area (TPSA) is 33.1 Å². The monoisotopic (exact) mass is 458 g/mol. The highest BCUT2D eigenvalue weighted by molar-refractivity contribution is 14.1. The van der Waals surface area contributed by atoms with Crippen molar-refractivity contribution in [1.29, 1.82) is 0 Å². The molecule has 5 heteroatoms. The molecule has 2 heterocycles. The number of nitrogens with zero attached hydrogens (tertiary/aromatic N) is 3. The van der Waals surface area contributed by atoms with Crippen molar-refractivity contribution in [3.05, 3.63) is 57.7 Å². The molecule has 26 heavy (non-hydrogen) atoms. The van der Waals surface area contributed by atoms with Gasteiger partial charge in [-0.1, -0.05) is 12.1 Å². The molecular formula is C21H23IN4. The second-order valence-corrected chi connectivity index (χ2v) is 8.14. The summed E-state index contributed by atoms with van der Waals surface area (Å²) in [6.07, 6.45) is 3.45. The fourth-order valence-corrected chi connectivity index (χ4v) is 3.79. The molecule has 134 valence electrons. The molecule has 4 nitrogen and oxygen atoms in total. The van der Waals surface area contributed by atoms with E-state index < -0.39 is 0 Å². The number of fused-ring (bicyclic) bond motifs is 1. The minimum Gasteiger partial charge on any atom is -0.378 e. The van der Waals surface area contributed by atoms with Gasteiger partial charge in [-0.15, -0.1) is 0 Å². The van der Waals surface area contributed by atoms with Gasteiger partial charge in [0.15, 0.2) is 0 Å². The van der Waals surface area contributed by atoms with Crippen LogP contribution in [0.15, 0.2) is 48.5 Å². The van der Waals surface area contributed by atoms with E-state index in [1.54, 1.807) is 0 Å². The predicted octanol–water partition coefficient (Wildman–Crippen LogP) is 4.96. The Morgan fingerprint density at radius 3 is 2.65 bits per heavy atom. The highest BCUT2D eigenvalue weighted by atomic mass is 127. The Labute approximate surface area is 168 Å². The van der Waals surface area contributed by atoms with Crippen molar-refractivity contribution >= 4 is 34.1 Å². The number of aromatic nitrogens is 2. The lowest BCUT2D eigenvalue weighted by atomic mass is 10.0. The van der Waals surface area contributed by atoms with Crippen molar-refractivity contribution in [3.8, 4) is 16.9 Å². The van der Waals surface area contributed by atoms with Gasteiger partial charge in [0.2, 0.25) is 0 Å². The van der Waals surface area contributed by atoms with Gasteiger partial charge in [0, 0.05) is 41.0 Å². The van der Waals surface area contributed by atoms with E-state index >= 15 is 0 Å². The third-order valence-corrected chi connectivity index (χ3v) is 5.56. The van der Waals surface area contributed by atoms with E-state index in [9.17, 15) is 0 Å². The normalized spacial score (nSPS) is 13.7. The van der Waals surface area contributed by atoms with E-state index in [1.807, 2.05) is 0 Å². The minimum absolute atomic E-state index is 1.00. The zero-order chi connectivity index (χ0) is 18.1. The van der Waals surface area contributed by atoms with Crippen LogP contribution in [0.4, 0.5) is 11.5 Å². The zero-order valence-corrected chi connectivity index (χ0v) is 17.3. The van der Waals surface area contributed by atoms with Crippen LogP contribution in [0.5, 0.6) is 0 Å². The maximum Gasteiger partial charge on any atom is 0.133 e. The quantitative estimate of drug-likeness (QED) is 0.564. The first kappa shape index (κ1) is 17.4. The Morgan fingerprint density at radius 2 is 1.88 bits per heavy atom. The zero-order valence-electron chi connectivity index (χ0n) is 15.2. The van der Waals surface area contributed by atoms with E-state index in [1.165, 1.54) is 33.2 Å². The lowest BCUT2D eigenvalue weighted by molar-refractivity contribution is 0.780. The van der Waals surface area contributed by atoms with Gasteiger partial charge in [-0.05, 0) is 78.3 Å². The Balaban J connectivity index is 1.87. The smallest absolute Gasteiger partial charge is 0.133 e. The van der Waals surface area contributed by atoms with Crippen LogP contribution >= 0.6 is 22.6 Å². The fraction of sp³-hybridized carbons (Fsp3) is 0.286. The van der Waals surface area contributed by atoms with Crippen LogP contribution in [-0.2, 0) is 6.42 Å². The second kappa shape index (κ2) is 7.31. The molecular weight excluding hydrogens is 435 g/mol. The lowest BCUT2D eigenvalue weighted by Crippen LogP contribution is -2.08. The first-order valence-corrected chi connectivity index (χ1v) is 10.1. The molecule has 0 saturated carbocycles. The van der Waals surface area contributed by atoms with E-state index in [-0.39, 0.29) is 0 Å². The summed E-state index contributed by atoms with van der Waals surface area (Å²) in [7, 11) is 4.15. The molecule has 0 unspecified atom stereocenters. The van der Waals surface area contributed by atoms with Gasteiger partial charge in [-0.2, -0.15) is 5.10 Å². The summed E-state index contributed by atoms with van der Waals surface area (Å²) in [5.41, 5.74) is 5.90. The highest BCUT2D eigenvalue weighted by Gasteiger charge is 2.21. The molecule has 1 aliphatic heterocycles. The van der Waals surface area contributed by atoms with Gasteiger partial charge in [0.25, 0.3) is 0 Å². The molecule has 1 aromatic heterocycles. The third kappa shape index (κ3) is 3.32. The average molecular weight is 458 g/mol. The molecule has 0 saturated heterocycles. The minimum atomic E-state index is 1.00. The first-order valence-electron chi connectivity index (χ1n) is 9.03. The summed E-state index contributed by atoms with van der Waals surface area (Å²) in [6, 6.07) is 17.2. The number of nitrogens with one attached hydrogen (secondary N) is 1. The summed E-state index contributed by atoms with van der Waals surface area (Å²) in [5, 5.41) is 8.66. The van der Waals surface area contributed by atoms with Gasteiger partial charge < -0.3 is 10.2 Å². The molecule has 0 radical (unpaired) electrons. The molecule has 2 aromatic carbocycles. The van der Waals surface area contributed by atoms with Gasteiger partial charge in [-0.3, -0.25) is 0 Å². The second-order valence-electron chi connectivity index (χ2n) is 6.89. The first-order chi connectivity index (χ1) is 12.6. The highest BCUT2D eigenvalue weighted by Crippen LogP contribution is 2.35. The Morgan fingerprint density at radius 1 is 1.08 bits per heavy atom. The molecule has 0 aliphatic carbocycles. The lowest BCUT2D eigenvalue weighted by Gasteiger charge is -2.13. The molecule has 1 aliphatic rings. The van der Waals surface area contributed by atoms with E-state index in [4.69, 9.17) is 5.10 Å². The van der Waals surface area contributed by atoms with Crippen LogP contribution < -0.4 is 10.2 Å². The fourth-order valence-electron chi connectivity index (χ4n) is 3.43. The Kier molecular flexibility index (Phi) is 4.89. The number of halogens is 1. The largest absolute Gasteiger partial charge is 0.378 e. The Hall–Kier alpha value is -2.02.